The number of halogens is 2. The van der Waals surface area contributed by atoms with Crippen LogP contribution in [0.15, 0.2) is 48.5 Å². The van der Waals surface area contributed by atoms with Crippen LogP contribution in [0.5, 0.6) is 17.2 Å². The quantitative estimate of drug-likeness (QED) is 0.0536. The van der Waals surface area contributed by atoms with Gasteiger partial charge in [0.05, 0.1) is 21.8 Å². The Morgan fingerprint density at radius 1 is 1.02 bits per heavy atom. The number of piperazine rings is 1. The zero-order valence-corrected chi connectivity index (χ0v) is 29.1. The molecule has 9 N–H and O–H groups in total. The first kappa shape index (κ1) is 39.5. The molecule has 3 aromatic carbocycles. The van der Waals surface area contributed by atoms with Crippen LogP contribution < -0.4 is 25.9 Å². The number of benzene rings is 3. The summed E-state index contributed by atoms with van der Waals surface area (Å²) in [6.07, 6.45) is -0.263. The number of carboxylic acids is 1. The maximum Gasteiger partial charge on any atom is 0.547 e. The zero-order valence-electron chi connectivity index (χ0n) is 27.4. The number of nitrogens with one attached hydrogen (secondary N) is 3. The average Bonchev–Trinajstić information content (AvgIpc) is 3.11. The average molecular weight is 792 g/mol. The SMILES string of the molecule is O=C(NCCN1CCN(C(=O)N[C@@H](C(=O)N[C@H]2Cc3ccc(F)c(C(=O)O)c3OB2O)c2ccc(P(=O)(O)O)cc2)C(=O)C1=O)c1ccc(O)c(O)c1Cl. The number of nitrogens with zero attached hydrogens (tertiary/aromatic N) is 2. The highest BCUT2D eigenvalue weighted by molar-refractivity contribution is 7.60. The standard InChI is InChI=1S/C31H29BClFN5O14P/c33-22-17(6-8-19(40)24(22)41)26(42)35-9-10-38-11-12-39(29(45)28(38)44)31(48)37-23(14-1-4-16(5-2-14)54(50,51)52)27(43)36-20-13-15-3-7-18(34)21(30(46)47)25(15)53-32(20)49/h1-8,20,23,40-41,49H,9-13H2,(H,35,42)(H,36,43)(H,37,48)(H,46,47)(H2,50,51,52)/t20-,23+/m0/s1. The van der Waals surface area contributed by atoms with Crippen LogP contribution in [-0.4, -0.2) is 115 Å². The molecule has 5 rings (SSSR count). The molecule has 0 spiro atoms. The van der Waals surface area contributed by atoms with E-state index in [1.54, 1.807) is 0 Å². The van der Waals surface area contributed by atoms with E-state index in [1.807, 2.05) is 0 Å². The largest absolute Gasteiger partial charge is 0.547 e. The van der Waals surface area contributed by atoms with Crippen LogP contribution >= 0.6 is 19.2 Å². The third-order valence-corrected chi connectivity index (χ3v) is 9.76. The molecule has 1 fully saturated rings. The van der Waals surface area contributed by atoms with Crippen LogP contribution in [0, 0.1) is 5.82 Å². The smallest absolute Gasteiger partial charge is 0.534 e. The van der Waals surface area contributed by atoms with E-state index in [1.165, 1.54) is 6.07 Å². The van der Waals surface area contributed by atoms with Crippen molar-refractivity contribution in [1.82, 2.24) is 25.8 Å². The summed E-state index contributed by atoms with van der Waals surface area (Å²) >= 11 is 5.90. The Hall–Kier alpha value is -5.73. The molecule has 0 bridgehead atoms. The van der Waals surface area contributed by atoms with Crippen molar-refractivity contribution in [2.24, 2.45) is 0 Å². The summed E-state index contributed by atoms with van der Waals surface area (Å²) in [6, 6.07) is 5.50. The molecule has 1 saturated heterocycles. The van der Waals surface area contributed by atoms with Gasteiger partial charge in [0.1, 0.15) is 23.2 Å². The van der Waals surface area contributed by atoms with E-state index in [0.717, 1.165) is 47.4 Å². The minimum Gasteiger partial charge on any atom is -0.534 e. The van der Waals surface area contributed by atoms with Crippen LogP contribution in [-0.2, 0) is 25.4 Å². The fraction of sp³-hybridized carbons (Fsp3) is 0.226. The highest BCUT2D eigenvalue weighted by atomic mass is 35.5. The topological polar surface area (TPSA) is 293 Å². The molecule has 2 atom stereocenters. The van der Waals surface area contributed by atoms with Crippen molar-refractivity contribution in [2.75, 3.05) is 26.2 Å². The Labute approximate surface area is 308 Å². The van der Waals surface area contributed by atoms with Gasteiger partial charge in [-0.1, -0.05) is 29.8 Å². The number of imide groups is 1. The Bertz CT molecular complexity index is 2100. The number of aromatic hydroxyl groups is 2. The number of phenolic OH excluding ortho intramolecular Hbond substituents is 2. The number of phenols is 2. The van der Waals surface area contributed by atoms with Crippen molar-refractivity contribution in [2.45, 2.75) is 18.4 Å². The van der Waals surface area contributed by atoms with Crippen molar-refractivity contribution in [3.8, 4) is 17.2 Å². The lowest BCUT2D eigenvalue weighted by Crippen LogP contribution is -2.60. The zero-order chi connectivity index (χ0) is 39.6. The van der Waals surface area contributed by atoms with Gasteiger partial charge < -0.3 is 55.6 Å². The summed E-state index contributed by atoms with van der Waals surface area (Å²) in [5.41, 5.74) is -0.962. The second-order valence-corrected chi connectivity index (χ2v) is 13.8. The number of carbonyl (C=O) groups is 6. The van der Waals surface area contributed by atoms with Gasteiger partial charge in [-0.15, -0.1) is 0 Å². The van der Waals surface area contributed by atoms with E-state index >= 15 is 0 Å². The molecule has 3 aromatic rings. The Kier molecular flexibility index (Phi) is 11.5. The van der Waals surface area contributed by atoms with E-state index in [4.69, 9.17) is 16.3 Å². The minimum absolute atomic E-state index is 0.0601. The van der Waals surface area contributed by atoms with Crippen molar-refractivity contribution >= 4 is 67.2 Å². The molecule has 2 aliphatic rings. The van der Waals surface area contributed by atoms with Gasteiger partial charge in [0.15, 0.2) is 11.5 Å². The fourth-order valence-electron chi connectivity index (χ4n) is 5.60. The number of hydrogen-bond acceptors (Lipinski definition) is 11. The van der Waals surface area contributed by atoms with Gasteiger partial charge >= 0.3 is 38.5 Å². The van der Waals surface area contributed by atoms with E-state index in [9.17, 15) is 67.9 Å². The minimum atomic E-state index is -4.73. The first-order valence-corrected chi connectivity index (χ1v) is 17.6. The lowest BCUT2D eigenvalue weighted by molar-refractivity contribution is -0.153. The monoisotopic (exact) mass is 791 g/mol. The molecule has 0 unspecified atom stereocenters. The van der Waals surface area contributed by atoms with Crippen LogP contribution in [0.1, 0.15) is 37.9 Å². The molecular weight excluding hydrogens is 763 g/mol. The van der Waals surface area contributed by atoms with Gasteiger partial charge in [-0.2, -0.15) is 0 Å². The van der Waals surface area contributed by atoms with E-state index < -0.39 is 101 Å². The van der Waals surface area contributed by atoms with Gasteiger partial charge in [-0.3, -0.25) is 28.6 Å². The Balaban J connectivity index is 1.28. The number of carbonyl (C=O) groups excluding carboxylic acids is 5. The maximum atomic E-state index is 14.2. The fourth-order valence-corrected chi connectivity index (χ4v) is 6.38. The molecule has 23 heteroatoms. The van der Waals surface area contributed by atoms with Crippen molar-refractivity contribution in [3.63, 3.8) is 0 Å². The number of fused-ring (bicyclic) bond motifs is 1. The molecule has 2 heterocycles. The van der Waals surface area contributed by atoms with Crippen molar-refractivity contribution in [1.29, 1.82) is 0 Å². The van der Waals surface area contributed by atoms with Gasteiger partial charge in [0.25, 0.3) is 5.91 Å². The highest BCUT2D eigenvalue weighted by Crippen LogP contribution is 2.36. The number of carboxylic acid groups (broad SMARTS) is 1. The van der Waals surface area contributed by atoms with Crippen LogP contribution in [0.25, 0.3) is 0 Å². The predicted octanol–water partition coefficient (Wildman–Crippen LogP) is -0.617. The number of aromatic carboxylic acids is 1. The maximum absolute atomic E-state index is 14.2. The lowest BCUT2D eigenvalue weighted by Gasteiger charge is -2.34. The third-order valence-electron chi connectivity index (χ3n) is 8.41. The molecule has 2 aliphatic heterocycles. The molecule has 54 heavy (non-hydrogen) atoms. The first-order valence-electron chi connectivity index (χ1n) is 15.6. The van der Waals surface area contributed by atoms with Crippen LogP contribution in [0.4, 0.5) is 9.18 Å². The Morgan fingerprint density at radius 3 is 2.35 bits per heavy atom. The predicted molar refractivity (Wildman–Crippen MR) is 182 cm³/mol. The van der Waals surface area contributed by atoms with E-state index in [-0.39, 0.29) is 49.3 Å². The summed E-state index contributed by atoms with van der Waals surface area (Å²) in [5, 5.41) is 45.6. The van der Waals surface area contributed by atoms with E-state index in [2.05, 4.69) is 16.0 Å². The van der Waals surface area contributed by atoms with Crippen molar-refractivity contribution in [3.05, 3.63) is 81.6 Å². The molecule has 0 saturated carbocycles. The molecule has 284 valence electrons. The first-order chi connectivity index (χ1) is 25.4. The molecule has 6 amide bonds. The number of hydrogen-bond donors (Lipinski definition) is 9. The molecular formula is C31H29BClFN5O14P. The van der Waals surface area contributed by atoms with Gasteiger partial charge in [0, 0.05) is 26.2 Å². The molecule has 0 aromatic heterocycles. The third kappa shape index (κ3) is 8.24. The van der Waals surface area contributed by atoms with Gasteiger partial charge in [-0.05, 0) is 47.9 Å². The number of urea groups is 1. The summed E-state index contributed by atoms with van der Waals surface area (Å²) in [4.78, 5) is 97.7. The number of rotatable bonds is 10. The second-order valence-electron chi connectivity index (χ2n) is 11.9. The normalized spacial score (nSPS) is 16.2. The molecule has 19 nitrogen and oxygen atoms in total. The second kappa shape index (κ2) is 15.7. The van der Waals surface area contributed by atoms with Gasteiger partial charge in [-0.25, -0.2) is 14.0 Å². The summed E-state index contributed by atoms with van der Waals surface area (Å²) in [7, 11) is -6.64. The van der Waals surface area contributed by atoms with Crippen LogP contribution in [0.3, 0.4) is 0 Å². The van der Waals surface area contributed by atoms with Crippen LogP contribution in [0.2, 0.25) is 5.02 Å². The van der Waals surface area contributed by atoms with Gasteiger partial charge in [0.2, 0.25) is 5.91 Å². The van der Waals surface area contributed by atoms with E-state index in [0.29, 0.717) is 4.90 Å². The van der Waals surface area contributed by atoms with Crippen molar-refractivity contribution < 1.29 is 72.5 Å². The Morgan fingerprint density at radius 2 is 1.70 bits per heavy atom. The summed E-state index contributed by atoms with van der Waals surface area (Å²) in [5.74, 6) is -10.1. The highest BCUT2D eigenvalue weighted by Gasteiger charge is 2.42. The molecule has 0 radical (unpaired) electrons. The molecule has 0 aliphatic carbocycles. The number of amides is 6. The summed E-state index contributed by atoms with van der Waals surface area (Å²) < 4.78 is 31.2. The summed E-state index contributed by atoms with van der Waals surface area (Å²) in [6.45, 7) is -0.961. The lowest BCUT2D eigenvalue weighted by atomic mass is 9.72.